The molecule has 3 aliphatic rings. The van der Waals surface area contributed by atoms with Gasteiger partial charge in [0.05, 0.1) is 16.5 Å². The van der Waals surface area contributed by atoms with Crippen LogP contribution in [0.1, 0.15) is 37.0 Å². The van der Waals surface area contributed by atoms with Gasteiger partial charge in [0, 0.05) is 25.1 Å². The highest BCUT2D eigenvalue weighted by molar-refractivity contribution is 6.11. The first-order chi connectivity index (χ1) is 12.7. The number of aryl methyl sites for hydroxylation is 2. The summed E-state index contributed by atoms with van der Waals surface area (Å²) in [5.41, 5.74) is 2.11. The van der Waals surface area contributed by atoms with Crippen LogP contribution in [0.2, 0.25) is 0 Å². The molecular formula is C20H23N3O4. The van der Waals surface area contributed by atoms with Gasteiger partial charge in [-0.05, 0) is 39.3 Å². The minimum atomic E-state index is -0.908. The Hall–Kier alpha value is -2.70. The monoisotopic (exact) mass is 369 g/mol. The number of carbonyl (C=O) groups is 3. The third-order valence-electron chi connectivity index (χ3n) is 6.42. The average Bonchev–Trinajstić information content (AvgIpc) is 3.25. The highest BCUT2D eigenvalue weighted by Gasteiger charge is 2.66. The number of amides is 3. The van der Waals surface area contributed by atoms with Crippen molar-refractivity contribution in [3.8, 4) is 0 Å². The highest BCUT2D eigenvalue weighted by Crippen LogP contribution is 2.50. The molecule has 3 heterocycles. The SMILES string of the molecule is Cc1ccc(C)c(C2=NOC(C(=O)N3CC4(C)C(=O)NC(=O)C4(C)C3)C2)c1. The first-order valence-corrected chi connectivity index (χ1v) is 9.11. The Bertz CT molecular complexity index is 880. The van der Waals surface area contributed by atoms with Gasteiger partial charge in [-0.1, -0.05) is 22.9 Å². The third-order valence-corrected chi connectivity index (χ3v) is 6.42. The largest absolute Gasteiger partial charge is 0.382 e. The van der Waals surface area contributed by atoms with Crippen LogP contribution in [0.5, 0.6) is 0 Å². The number of nitrogens with zero attached hydrogens (tertiary/aromatic N) is 2. The van der Waals surface area contributed by atoms with Gasteiger partial charge in [0.1, 0.15) is 0 Å². The lowest BCUT2D eigenvalue weighted by atomic mass is 9.70. The van der Waals surface area contributed by atoms with Gasteiger partial charge >= 0.3 is 0 Å². The van der Waals surface area contributed by atoms with Crippen LogP contribution in [0.25, 0.3) is 0 Å². The number of fused-ring (bicyclic) bond motifs is 1. The first-order valence-electron chi connectivity index (χ1n) is 9.11. The molecule has 7 heteroatoms. The molecule has 2 fully saturated rings. The molecular weight excluding hydrogens is 346 g/mol. The van der Waals surface area contributed by atoms with Crippen molar-refractivity contribution in [3.63, 3.8) is 0 Å². The summed E-state index contributed by atoms with van der Waals surface area (Å²) in [6.07, 6.45) is -0.336. The van der Waals surface area contributed by atoms with Crippen molar-refractivity contribution in [1.29, 1.82) is 0 Å². The summed E-state index contributed by atoms with van der Waals surface area (Å²) in [7, 11) is 0. The van der Waals surface area contributed by atoms with Crippen LogP contribution < -0.4 is 5.32 Å². The van der Waals surface area contributed by atoms with E-state index in [-0.39, 0.29) is 30.8 Å². The third kappa shape index (κ3) is 2.40. The summed E-state index contributed by atoms with van der Waals surface area (Å²) < 4.78 is 0. The molecule has 0 saturated carbocycles. The molecule has 142 valence electrons. The summed E-state index contributed by atoms with van der Waals surface area (Å²) in [6.45, 7) is 7.91. The zero-order chi connectivity index (χ0) is 19.6. The van der Waals surface area contributed by atoms with Crippen molar-refractivity contribution in [3.05, 3.63) is 34.9 Å². The van der Waals surface area contributed by atoms with Crippen molar-refractivity contribution in [2.75, 3.05) is 13.1 Å². The van der Waals surface area contributed by atoms with Crippen LogP contribution >= 0.6 is 0 Å². The summed E-state index contributed by atoms with van der Waals surface area (Å²) in [6, 6.07) is 6.09. The molecule has 0 bridgehead atoms. The lowest BCUT2D eigenvalue weighted by Crippen LogP contribution is -2.42. The zero-order valence-corrected chi connectivity index (χ0v) is 16.0. The second kappa shape index (κ2) is 5.65. The fourth-order valence-electron chi connectivity index (χ4n) is 4.27. The Balaban J connectivity index is 1.51. The number of oxime groups is 1. The normalized spacial score (nSPS) is 32.2. The van der Waals surface area contributed by atoms with Crippen molar-refractivity contribution in [2.45, 2.75) is 40.2 Å². The minimum absolute atomic E-state index is 0.207. The van der Waals surface area contributed by atoms with Crippen LogP contribution in [-0.2, 0) is 19.2 Å². The second-order valence-corrected chi connectivity index (χ2v) is 8.30. The maximum Gasteiger partial charge on any atom is 0.266 e. The number of benzene rings is 1. The van der Waals surface area contributed by atoms with Gasteiger partial charge < -0.3 is 9.74 Å². The Morgan fingerprint density at radius 3 is 2.44 bits per heavy atom. The van der Waals surface area contributed by atoms with Gasteiger partial charge in [-0.15, -0.1) is 0 Å². The van der Waals surface area contributed by atoms with E-state index in [0.717, 1.165) is 22.4 Å². The molecule has 3 amide bonds. The zero-order valence-electron chi connectivity index (χ0n) is 16.0. The molecule has 0 radical (unpaired) electrons. The van der Waals surface area contributed by atoms with Gasteiger partial charge in [-0.3, -0.25) is 19.7 Å². The van der Waals surface area contributed by atoms with E-state index < -0.39 is 16.9 Å². The molecule has 0 aliphatic carbocycles. The molecule has 1 aromatic carbocycles. The lowest BCUT2D eigenvalue weighted by molar-refractivity contribution is -0.142. The molecule has 7 nitrogen and oxygen atoms in total. The molecule has 3 unspecified atom stereocenters. The number of imide groups is 1. The van der Waals surface area contributed by atoms with E-state index in [1.807, 2.05) is 32.0 Å². The van der Waals surface area contributed by atoms with Crippen LogP contribution in [0, 0.1) is 24.7 Å². The number of nitrogens with one attached hydrogen (secondary N) is 1. The Kier molecular flexibility index (Phi) is 3.70. The number of hydrogen-bond donors (Lipinski definition) is 1. The highest BCUT2D eigenvalue weighted by atomic mass is 16.6. The Labute approximate surface area is 157 Å². The molecule has 0 aromatic heterocycles. The second-order valence-electron chi connectivity index (χ2n) is 8.30. The summed E-state index contributed by atoms with van der Waals surface area (Å²) >= 11 is 0. The molecule has 2 saturated heterocycles. The van der Waals surface area contributed by atoms with Crippen LogP contribution in [-0.4, -0.2) is 47.5 Å². The fourth-order valence-corrected chi connectivity index (χ4v) is 4.27. The van der Waals surface area contributed by atoms with E-state index in [4.69, 9.17) is 4.84 Å². The van der Waals surface area contributed by atoms with Gasteiger partial charge in [0.15, 0.2) is 0 Å². The van der Waals surface area contributed by atoms with Crippen LogP contribution in [0.15, 0.2) is 23.4 Å². The van der Waals surface area contributed by atoms with Crippen LogP contribution in [0.3, 0.4) is 0 Å². The average molecular weight is 369 g/mol. The molecule has 1 N–H and O–H groups in total. The minimum Gasteiger partial charge on any atom is -0.382 e. The van der Waals surface area contributed by atoms with Crippen molar-refractivity contribution in [2.24, 2.45) is 16.0 Å². The number of hydrogen-bond acceptors (Lipinski definition) is 5. The summed E-state index contributed by atoms with van der Waals surface area (Å²) in [4.78, 5) is 44.5. The van der Waals surface area contributed by atoms with E-state index in [1.54, 1.807) is 18.7 Å². The maximum atomic E-state index is 13.0. The summed E-state index contributed by atoms with van der Waals surface area (Å²) in [5.74, 6) is -0.855. The van der Waals surface area contributed by atoms with E-state index in [0.29, 0.717) is 6.42 Å². The van der Waals surface area contributed by atoms with Crippen molar-refractivity contribution < 1.29 is 19.2 Å². The van der Waals surface area contributed by atoms with E-state index in [2.05, 4.69) is 10.5 Å². The Morgan fingerprint density at radius 2 is 1.81 bits per heavy atom. The summed E-state index contributed by atoms with van der Waals surface area (Å²) in [5, 5.41) is 6.54. The van der Waals surface area contributed by atoms with E-state index >= 15 is 0 Å². The molecule has 4 rings (SSSR count). The van der Waals surface area contributed by atoms with Gasteiger partial charge in [-0.25, -0.2) is 0 Å². The van der Waals surface area contributed by atoms with Gasteiger partial charge in [0.2, 0.25) is 17.9 Å². The number of rotatable bonds is 2. The van der Waals surface area contributed by atoms with Crippen LogP contribution in [0.4, 0.5) is 0 Å². The molecule has 27 heavy (non-hydrogen) atoms. The smallest absolute Gasteiger partial charge is 0.266 e. The number of carbonyl (C=O) groups excluding carboxylic acids is 3. The fraction of sp³-hybridized carbons (Fsp3) is 0.500. The van der Waals surface area contributed by atoms with Gasteiger partial charge in [-0.2, -0.15) is 0 Å². The predicted octanol–water partition coefficient (Wildman–Crippen LogP) is 1.31. The topological polar surface area (TPSA) is 88.1 Å². The standard InChI is InChI=1S/C20H23N3O4/c1-11-5-6-12(2)13(7-11)14-8-15(27-22-14)16(24)23-9-19(3)17(25)21-18(26)20(19,4)10-23/h5-7,15H,8-10H2,1-4H3,(H,21,25,26). The maximum absolute atomic E-state index is 13.0. The van der Waals surface area contributed by atoms with E-state index in [9.17, 15) is 14.4 Å². The lowest BCUT2D eigenvalue weighted by Gasteiger charge is -2.25. The quantitative estimate of drug-likeness (QED) is 0.796. The van der Waals surface area contributed by atoms with Crippen molar-refractivity contribution >= 4 is 23.4 Å². The van der Waals surface area contributed by atoms with E-state index in [1.165, 1.54) is 0 Å². The molecule has 0 spiro atoms. The Morgan fingerprint density at radius 1 is 1.19 bits per heavy atom. The van der Waals surface area contributed by atoms with Crippen molar-refractivity contribution in [1.82, 2.24) is 10.2 Å². The predicted molar refractivity (Wildman–Crippen MR) is 97.9 cm³/mol. The molecule has 3 aliphatic heterocycles. The first kappa shape index (κ1) is 17.7. The number of likely N-dealkylation sites (tertiary alicyclic amines) is 1. The molecule has 3 atom stereocenters. The molecule has 1 aromatic rings. The van der Waals surface area contributed by atoms with Gasteiger partial charge in [0.25, 0.3) is 5.91 Å².